The summed E-state index contributed by atoms with van der Waals surface area (Å²) in [6.45, 7) is 2.48. The van der Waals surface area contributed by atoms with Gasteiger partial charge >= 0.3 is 0 Å². The van der Waals surface area contributed by atoms with Gasteiger partial charge in [0, 0.05) is 12.6 Å². The number of aryl methyl sites for hydroxylation is 1. The minimum absolute atomic E-state index is 0.0196. The number of hydrogen-bond acceptors (Lipinski definition) is 7. The van der Waals surface area contributed by atoms with Gasteiger partial charge < -0.3 is 14.7 Å². The molecule has 1 aliphatic heterocycles. The fraction of sp³-hybridized carbons (Fsp3) is 0.562. The van der Waals surface area contributed by atoms with Crippen molar-refractivity contribution >= 4 is 11.7 Å². The van der Waals surface area contributed by atoms with Crippen LogP contribution in [-0.4, -0.2) is 38.6 Å². The standard InChI is InChI=1S/C16H19FN6O2/c1-2-10-12(17)14(19-8-18-10)23-7-3-4-11(23)16-21-13(22-25-16)15(24)20-9-5-6-9/h8-9,11H,2-7H2,1H3,(H,20,24)/t11-/m1/s1. The van der Waals surface area contributed by atoms with Gasteiger partial charge in [0.05, 0.1) is 5.69 Å². The Morgan fingerprint density at radius 2 is 2.24 bits per heavy atom. The molecule has 0 radical (unpaired) electrons. The predicted octanol–water partition coefficient (Wildman–Crippen LogP) is 1.79. The fourth-order valence-electron chi connectivity index (χ4n) is 3.06. The predicted molar refractivity (Wildman–Crippen MR) is 85.5 cm³/mol. The summed E-state index contributed by atoms with van der Waals surface area (Å²) in [5.41, 5.74) is 0.380. The number of aromatic nitrogens is 4. The lowest BCUT2D eigenvalue weighted by molar-refractivity contribution is 0.0937. The Morgan fingerprint density at radius 3 is 3.00 bits per heavy atom. The molecule has 0 unspecified atom stereocenters. The van der Waals surface area contributed by atoms with Crippen molar-refractivity contribution in [3.8, 4) is 0 Å². The summed E-state index contributed by atoms with van der Waals surface area (Å²) in [4.78, 5) is 26.1. The van der Waals surface area contributed by atoms with E-state index in [0.717, 1.165) is 25.7 Å². The summed E-state index contributed by atoms with van der Waals surface area (Å²) in [7, 11) is 0. The minimum Gasteiger partial charge on any atom is -0.346 e. The van der Waals surface area contributed by atoms with E-state index in [1.54, 1.807) is 0 Å². The van der Waals surface area contributed by atoms with Crippen molar-refractivity contribution in [2.24, 2.45) is 0 Å². The number of carbonyl (C=O) groups is 1. The molecule has 1 N–H and O–H groups in total. The van der Waals surface area contributed by atoms with E-state index in [-0.39, 0.29) is 29.6 Å². The lowest BCUT2D eigenvalue weighted by Crippen LogP contribution is -2.27. The average Bonchev–Trinajstić information content (AvgIpc) is 3.12. The van der Waals surface area contributed by atoms with Crippen molar-refractivity contribution in [3.05, 3.63) is 29.6 Å². The Hall–Kier alpha value is -2.58. The van der Waals surface area contributed by atoms with Gasteiger partial charge in [-0.2, -0.15) is 4.98 Å². The zero-order chi connectivity index (χ0) is 17.4. The maximum Gasteiger partial charge on any atom is 0.292 e. The molecule has 0 aromatic carbocycles. The van der Waals surface area contributed by atoms with Crippen molar-refractivity contribution in [1.29, 1.82) is 0 Å². The lowest BCUT2D eigenvalue weighted by atomic mass is 10.2. The summed E-state index contributed by atoms with van der Waals surface area (Å²) in [6, 6.07) is -0.0657. The van der Waals surface area contributed by atoms with E-state index in [0.29, 0.717) is 24.6 Å². The molecule has 0 spiro atoms. The number of hydrogen-bond donors (Lipinski definition) is 1. The maximum atomic E-state index is 14.6. The summed E-state index contributed by atoms with van der Waals surface area (Å²) in [5.74, 6) is -0.163. The molecule has 25 heavy (non-hydrogen) atoms. The molecule has 9 heteroatoms. The van der Waals surface area contributed by atoms with Crippen molar-refractivity contribution in [2.75, 3.05) is 11.4 Å². The van der Waals surface area contributed by atoms with E-state index in [1.807, 2.05) is 11.8 Å². The van der Waals surface area contributed by atoms with Crippen LogP contribution in [0.25, 0.3) is 0 Å². The first-order chi connectivity index (χ1) is 12.2. The number of anilines is 1. The second kappa shape index (κ2) is 6.38. The van der Waals surface area contributed by atoms with E-state index >= 15 is 0 Å². The summed E-state index contributed by atoms with van der Waals surface area (Å²) in [6.07, 6.45) is 5.42. The first kappa shape index (κ1) is 15.9. The van der Waals surface area contributed by atoms with Crippen LogP contribution in [0.3, 0.4) is 0 Å². The molecule has 1 aliphatic carbocycles. The largest absolute Gasteiger partial charge is 0.346 e. The molecule has 2 aromatic heterocycles. The summed E-state index contributed by atoms with van der Waals surface area (Å²) >= 11 is 0. The molecule has 132 valence electrons. The fourth-order valence-corrected chi connectivity index (χ4v) is 3.06. The van der Waals surface area contributed by atoms with Gasteiger partial charge in [0.2, 0.25) is 5.89 Å². The third-order valence-electron chi connectivity index (χ3n) is 4.55. The molecule has 1 atom stereocenters. The van der Waals surface area contributed by atoms with Crippen molar-refractivity contribution < 1.29 is 13.7 Å². The van der Waals surface area contributed by atoms with Gasteiger partial charge in [-0.05, 0) is 32.1 Å². The summed E-state index contributed by atoms with van der Waals surface area (Å²) in [5, 5.41) is 6.60. The molecule has 3 heterocycles. The Morgan fingerprint density at radius 1 is 1.40 bits per heavy atom. The van der Waals surface area contributed by atoms with Crippen LogP contribution in [0, 0.1) is 5.82 Å². The second-order valence-corrected chi connectivity index (χ2v) is 6.37. The zero-order valence-electron chi connectivity index (χ0n) is 13.9. The molecule has 4 rings (SSSR count). The van der Waals surface area contributed by atoms with Crippen LogP contribution in [0.4, 0.5) is 10.2 Å². The molecule has 1 saturated heterocycles. The summed E-state index contributed by atoms with van der Waals surface area (Å²) < 4.78 is 19.9. The monoisotopic (exact) mass is 346 g/mol. The molecule has 0 bridgehead atoms. The quantitative estimate of drug-likeness (QED) is 0.881. The van der Waals surface area contributed by atoms with Crippen LogP contribution in [-0.2, 0) is 6.42 Å². The SMILES string of the molecule is CCc1ncnc(N2CCC[C@@H]2c2nc(C(=O)NC3CC3)no2)c1F. The van der Waals surface area contributed by atoms with Crippen molar-refractivity contribution in [3.63, 3.8) is 0 Å². The number of nitrogens with zero attached hydrogens (tertiary/aromatic N) is 5. The molecule has 8 nitrogen and oxygen atoms in total. The van der Waals surface area contributed by atoms with Crippen molar-refractivity contribution in [1.82, 2.24) is 25.4 Å². The van der Waals surface area contributed by atoms with Gasteiger partial charge in [-0.1, -0.05) is 12.1 Å². The normalized spacial score (nSPS) is 20.1. The Labute approximate surface area is 143 Å². The number of amides is 1. The number of halogens is 1. The van der Waals surface area contributed by atoms with E-state index in [9.17, 15) is 9.18 Å². The Bertz CT molecular complexity index is 791. The number of rotatable bonds is 5. The highest BCUT2D eigenvalue weighted by Gasteiger charge is 2.35. The van der Waals surface area contributed by atoms with Crippen molar-refractivity contribution in [2.45, 2.75) is 51.1 Å². The molecule has 2 aromatic rings. The van der Waals surface area contributed by atoms with E-state index < -0.39 is 5.82 Å². The average molecular weight is 346 g/mol. The highest BCUT2D eigenvalue weighted by Crippen LogP contribution is 2.35. The molecule has 2 fully saturated rings. The smallest absolute Gasteiger partial charge is 0.292 e. The molecule has 1 saturated carbocycles. The highest BCUT2D eigenvalue weighted by molar-refractivity contribution is 5.90. The zero-order valence-corrected chi connectivity index (χ0v) is 13.9. The topological polar surface area (TPSA) is 97.0 Å². The van der Waals surface area contributed by atoms with Gasteiger partial charge in [-0.15, -0.1) is 0 Å². The highest BCUT2D eigenvalue weighted by atomic mass is 19.1. The first-order valence-corrected chi connectivity index (χ1v) is 8.58. The Balaban J connectivity index is 1.57. The second-order valence-electron chi connectivity index (χ2n) is 6.37. The van der Waals surface area contributed by atoms with Gasteiger partial charge in [0.15, 0.2) is 11.6 Å². The third-order valence-corrected chi connectivity index (χ3v) is 4.55. The van der Waals surface area contributed by atoms with Crippen LogP contribution in [0.15, 0.2) is 10.9 Å². The van der Waals surface area contributed by atoms with Gasteiger partial charge in [0.25, 0.3) is 11.7 Å². The van der Waals surface area contributed by atoms with Gasteiger partial charge in [-0.25, -0.2) is 14.4 Å². The van der Waals surface area contributed by atoms with Gasteiger partial charge in [-0.3, -0.25) is 4.79 Å². The lowest BCUT2D eigenvalue weighted by Gasteiger charge is -2.23. The third kappa shape index (κ3) is 3.06. The molecule has 1 amide bonds. The molecule has 2 aliphatic rings. The van der Waals surface area contributed by atoms with Crippen LogP contribution in [0.2, 0.25) is 0 Å². The number of carbonyl (C=O) groups excluding carboxylic acids is 1. The first-order valence-electron chi connectivity index (χ1n) is 8.58. The Kier molecular flexibility index (Phi) is 4.06. The number of nitrogens with one attached hydrogen (secondary N) is 1. The van der Waals surface area contributed by atoms with Crippen LogP contribution < -0.4 is 10.2 Å². The molecular weight excluding hydrogens is 327 g/mol. The minimum atomic E-state index is -0.414. The van der Waals surface area contributed by atoms with Crippen LogP contribution in [0.5, 0.6) is 0 Å². The van der Waals surface area contributed by atoms with Crippen LogP contribution >= 0.6 is 0 Å². The molecular formula is C16H19FN6O2. The van der Waals surface area contributed by atoms with E-state index in [2.05, 4.69) is 25.4 Å². The van der Waals surface area contributed by atoms with E-state index in [4.69, 9.17) is 4.52 Å². The van der Waals surface area contributed by atoms with E-state index in [1.165, 1.54) is 6.33 Å². The van der Waals surface area contributed by atoms with Crippen LogP contribution in [0.1, 0.15) is 60.9 Å². The maximum absolute atomic E-state index is 14.6. The van der Waals surface area contributed by atoms with Gasteiger partial charge in [0.1, 0.15) is 12.4 Å².